The molecule has 0 unspecified atom stereocenters. The number of rotatable bonds is 6. The molecule has 0 aromatic heterocycles. The fourth-order valence-corrected chi connectivity index (χ4v) is 3.47. The zero-order valence-electron chi connectivity index (χ0n) is 15.9. The van der Waals surface area contributed by atoms with Gasteiger partial charge in [-0.05, 0) is 36.2 Å². The molecular weight excluding hydrogens is 374 g/mol. The quantitative estimate of drug-likeness (QED) is 0.552. The summed E-state index contributed by atoms with van der Waals surface area (Å²) >= 11 is 0. The first-order chi connectivity index (χ1) is 14.1. The van der Waals surface area contributed by atoms with Crippen molar-refractivity contribution in [3.63, 3.8) is 0 Å². The zero-order valence-corrected chi connectivity index (χ0v) is 15.9. The predicted molar refractivity (Wildman–Crippen MR) is 104 cm³/mol. The van der Waals surface area contributed by atoms with E-state index in [9.17, 15) is 14.4 Å². The molecule has 0 fully saturated rings. The van der Waals surface area contributed by atoms with E-state index in [-0.39, 0.29) is 31.1 Å². The van der Waals surface area contributed by atoms with Gasteiger partial charge in [0.15, 0.2) is 23.9 Å². The molecule has 2 heterocycles. The van der Waals surface area contributed by atoms with Crippen LogP contribution < -0.4 is 14.4 Å². The van der Waals surface area contributed by atoms with Crippen LogP contribution in [0.4, 0.5) is 5.69 Å². The number of amides is 1. The SMILES string of the molecule is O=C(CCC(=O)c1ccc2c(c1)OCCO2)OCC(=O)N1CCc2ccccc21. The summed E-state index contributed by atoms with van der Waals surface area (Å²) in [6.45, 7) is 1.17. The van der Waals surface area contributed by atoms with Gasteiger partial charge >= 0.3 is 5.97 Å². The van der Waals surface area contributed by atoms with Gasteiger partial charge in [0.05, 0.1) is 6.42 Å². The van der Waals surface area contributed by atoms with Crippen LogP contribution in [0.15, 0.2) is 42.5 Å². The molecule has 2 aliphatic rings. The Morgan fingerprint density at radius 1 is 0.966 bits per heavy atom. The highest BCUT2D eigenvalue weighted by molar-refractivity contribution is 5.99. The monoisotopic (exact) mass is 395 g/mol. The summed E-state index contributed by atoms with van der Waals surface area (Å²) in [5, 5.41) is 0. The van der Waals surface area contributed by atoms with Crippen LogP contribution in [0.5, 0.6) is 11.5 Å². The number of carbonyl (C=O) groups is 3. The van der Waals surface area contributed by atoms with Crippen LogP contribution in [0.25, 0.3) is 0 Å². The molecule has 0 spiro atoms. The first kappa shape index (κ1) is 19.0. The van der Waals surface area contributed by atoms with Gasteiger partial charge in [0.25, 0.3) is 5.91 Å². The fourth-order valence-electron chi connectivity index (χ4n) is 3.47. The van der Waals surface area contributed by atoms with Crippen LogP contribution in [-0.4, -0.2) is 44.0 Å². The number of carbonyl (C=O) groups excluding carboxylic acids is 3. The van der Waals surface area contributed by atoms with Gasteiger partial charge < -0.3 is 19.1 Å². The normalized spacial score (nSPS) is 14.3. The highest BCUT2D eigenvalue weighted by atomic mass is 16.6. The zero-order chi connectivity index (χ0) is 20.2. The van der Waals surface area contributed by atoms with Gasteiger partial charge in [0, 0.05) is 24.2 Å². The molecule has 0 saturated carbocycles. The minimum atomic E-state index is -0.572. The minimum absolute atomic E-state index is 0.000778. The lowest BCUT2D eigenvalue weighted by Gasteiger charge is -2.18. The molecule has 0 bridgehead atoms. The number of para-hydroxylation sites is 1. The average molecular weight is 395 g/mol. The highest BCUT2D eigenvalue weighted by Gasteiger charge is 2.25. The maximum absolute atomic E-state index is 12.4. The topological polar surface area (TPSA) is 82.1 Å². The van der Waals surface area contributed by atoms with Crippen molar-refractivity contribution in [3.8, 4) is 11.5 Å². The summed E-state index contributed by atoms with van der Waals surface area (Å²) in [6.07, 6.45) is 0.705. The van der Waals surface area contributed by atoms with Crippen molar-refractivity contribution < 1.29 is 28.6 Å². The summed E-state index contributed by atoms with van der Waals surface area (Å²) in [4.78, 5) is 38.3. The molecule has 7 heteroatoms. The van der Waals surface area contributed by atoms with Gasteiger partial charge in [-0.3, -0.25) is 14.4 Å². The maximum atomic E-state index is 12.4. The molecule has 1 amide bonds. The Morgan fingerprint density at radius 2 is 1.76 bits per heavy atom. The Bertz CT molecular complexity index is 954. The smallest absolute Gasteiger partial charge is 0.306 e. The Morgan fingerprint density at radius 3 is 2.62 bits per heavy atom. The number of anilines is 1. The Balaban J connectivity index is 1.25. The number of benzene rings is 2. The van der Waals surface area contributed by atoms with E-state index >= 15 is 0 Å². The van der Waals surface area contributed by atoms with Crippen LogP contribution in [-0.2, 0) is 20.7 Å². The molecule has 0 radical (unpaired) electrons. The number of Topliss-reactive ketones (excluding diaryl/α,β-unsaturated/α-hetero) is 1. The molecule has 2 aromatic rings. The van der Waals surface area contributed by atoms with Gasteiger partial charge in [0.2, 0.25) is 0 Å². The first-order valence-corrected chi connectivity index (χ1v) is 9.58. The number of hydrogen-bond acceptors (Lipinski definition) is 6. The third-order valence-electron chi connectivity index (χ3n) is 4.97. The Kier molecular flexibility index (Phi) is 5.46. The van der Waals surface area contributed by atoms with E-state index in [2.05, 4.69) is 0 Å². The van der Waals surface area contributed by atoms with Crippen LogP contribution in [0.1, 0.15) is 28.8 Å². The Hall–Kier alpha value is -3.35. The molecule has 4 rings (SSSR count). The van der Waals surface area contributed by atoms with Crippen molar-refractivity contribution in [1.82, 2.24) is 0 Å². The molecule has 0 atom stereocenters. The van der Waals surface area contributed by atoms with E-state index in [1.165, 1.54) is 0 Å². The minimum Gasteiger partial charge on any atom is -0.486 e. The van der Waals surface area contributed by atoms with Crippen LogP contribution in [0, 0.1) is 0 Å². The standard InChI is InChI=1S/C22H21NO6/c24-18(16-5-7-19-20(13-16)28-12-11-27-19)6-8-22(26)29-14-21(25)23-10-9-15-3-1-2-4-17(15)23/h1-5,7,13H,6,8-12,14H2. The lowest BCUT2D eigenvalue weighted by molar-refractivity contribution is -0.147. The molecule has 2 aromatic carbocycles. The number of fused-ring (bicyclic) bond motifs is 2. The third kappa shape index (κ3) is 4.23. The van der Waals surface area contributed by atoms with Gasteiger partial charge in [0.1, 0.15) is 13.2 Å². The van der Waals surface area contributed by atoms with E-state index in [4.69, 9.17) is 14.2 Å². The summed E-state index contributed by atoms with van der Waals surface area (Å²) in [6, 6.07) is 12.6. The second kappa shape index (κ2) is 8.34. The maximum Gasteiger partial charge on any atom is 0.306 e. The van der Waals surface area contributed by atoms with Crippen molar-refractivity contribution in [2.75, 3.05) is 31.3 Å². The van der Waals surface area contributed by atoms with E-state index in [0.717, 1.165) is 17.7 Å². The van der Waals surface area contributed by atoms with Gasteiger partial charge in [-0.1, -0.05) is 18.2 Å². The fraction of sp³-hybridized carbons (Fsp3) is 0.318. The largest absolute Gasteiger partial charge is 0.486 e. The van der Waals surface area contributed by atoms with E-state index in [1.807, 2.05) is 24.3 Å². The molecule has 150 valence electrons. The van der Waals surface area contributed by atoms with Crippen molar-refractivity contribution >= 4 is 23.3 Å². The molecule has 29 heavy (non-hydrogen) atoms. The molecule has 7 nitrogen and oxygen atoms in total. The van der Waals surface area contributed by atoms with Crippen molar-refractivity contribution in [3.05, 3.63) is 53.6 Å². The predicted octanol–water partition coefficient (Wildman–Crippen LogP) is 2.55. The molecule has 0 aliphatic carbocycles. The molecule has 0 saturated heterocycles. The van der Waals surface area contributed by atoms with Crippen LogP contribution in [0.3, 0.4) is 0 Å². The molecule has 2 aliphatic heterocycles. The van der Waals surface area contributed by atoms with E-state index < -0.39 is 5.97 Å². The van der Waals surface area contributed by atoms with Crippen LogP contribution >= 0.6 is 0 Å². The summed E-state index contributed by atoms with van der Waals surface area (Å²) < 4.78 is 16.0. The van der Waals surface area contributed by atoms with Gasteiger partial charge in [-0.15, -0.1) is 0 Å². The lowest BCUT2D eigenvalue weighted by Crippen LogP contribution is -2.33. The van der Waals surface area contributed by atoms with Crippen molar-refractivity contribution in [1.29, 1.82) is 0 Å². The first-order valence-electron chi connectivity index (χ1n) is 9.58. The number of nitrogens with zero attached hydrogens (tertiary/aromatic N) is 1. The average Bonchev–Trinajstić information content (AvgIpc) is 3.19. The van der Waals surface area contributed by atoms with E-state index in [0.29, 0.717) is 36.8 Å². The van der Waals surface area contributed by atoms with Gasteiger partial charge in [-0.2, -0.15) is 0 Å². The summed E-state index contributed by atoms with van der Waals surface area (Å²) in [5.74, 6) is 0.104. The van der Waals surface area contributed by atoms with E-state index in [1.54, 1.807) is 23.1 Å². The number of esters is 1. The lowest BCUT2D eigenvalue weighted by atomic mass is 10.1. The number of hydrogen-bond donors (Lipinski definition) is 0. The van der Waals surface area contributed by atoms with Gasteiger partial charge in [-0.25, -0.2) is 0 Å². The van der Waals surface area contributed by atoms with Crippen molar-refractivity contribution in [2.45, 2.75) is 19.3 Å². The molecular formula is C22H21NO6. The number of ether oxygens (including phenoxy) is 3. The summed E-state index contributed by atoms with van der Waals surface area (Å²) in [5.41, 5.74) is 2.42. The Labute approximate surface area is 168 Å². The second-order valence-electron chi connectivity index (χ2n) is 6.87. The summed E-state index contributed by atoms with van der Waals surface area (Å²) in [7, 11) is 0. The van der Waals surface area contributed by atoms with Crippen molar-refractivity contribution in [2.24, 2.45) is 0 Å². The number of ketones is 1. The van der Waals surface area contributed by atoms with Crippen LogP contribution in [0.2, 0.25) is 0 Å². The molecule has 0 N–H and O–H groups in total. The third-order valence-corrected chi connectivity index (χ3v) is 4.97. The second-order valence-corrected chi connectivity index (χ2v) is 6.87. The highest BCUT2D eigenvalue weighted by Crippen LogP contribution is 2.31.